The number of carbonyl (C=O) groups excluding carboxylic acids is 1. The maximum absolute atomic E-state index is 13.8. The first-order valence-corrected chi connectivity index (χ1v) is 9.63. The molecule has 0 saturated carbocycles. The average Bonchev–Trinajstić information content (AvgIpc) is 2.59. The van der Waals surface area contributed by atoms with E-state index in [0.717, 1.165) is 26.0 Å². The molecule has 2 aromatic rings. The topological polar surface area (TPSA) is 42.0 Å². The Morgan fingerprint density at radius 2 is 1.81 bits per heavy atom. The van der Waals surface area contributed by atoms with Crippen LogP contribution in [0.2, 0.25) is 0 Å². The second-order valence-corrected chi connectivity index (χ2v) is 7.17. The molecule has 2 rings (SSSR count). The van der Waals surface area contributed by atoms with E-state index in [9.17, 15) is 9.18 Å². The molecule has 0 fully saturated rings. The molecule has 0 atom stereocenters. The first kappa shape index (κ1) is 20.4. The molecule has 0 aliphatic heterocycles. The van der Waals surface area contributed by atoms with Crippen LogP contribution in [0.25, 0.3) is 0 Å². The molecule has 1 N–H and O–H groups in total. The van der Waals surface area contributed by atoms with E-state index in [0.29, 0.717) is 36.2 Å². The Bertz CT molecular complexity index is 875. The second-order valence-electron chi connectivity index (χ2n) is 6.09. The molecular formula is C21H22FIN2O. The van der Waals surface area contributed by atoms with Crippen LogP contribution in [0.15, 0.2) is 12.1 Å². The van der Waals surface area contributed by atoms with Crippen molar-refractivity contribution in [3.63, 3.8) is 0 Å². The number of carbonyl (C=O) groups is 1. The summed E-state index contributed by atoms with van der Waals surface area (Å²) in [6.45, 7) is 7.60. The lowest BCUT2D eigenvalue weighted by Crippen LogP contribution is -2.20. The van der Waals surface area contributed by atoms with Crippen LogP contribution in [0, 0.1) is 35.6 Å². The van der Waals surface area contributed by atoms with Crippen LogP contribution >= 0.6 is 22.6 Å². The zero-order valence-corrected chi connectivity index (χ0v) is 17.6. The first-order valence-electron chi connectivity index (χ1n) is 8.55. The van der Waals surface area contributed by atoms with Gasteiger partial charge < -0.3 is 5.32 Å². The number of benzene rings is 1. The van der Waals surface area contributed by atoms with Gasteiger partial charge in [-0.05, 0) is 78.1 Å². The molecule has 136 valence electrons. The second kappa shape index (κ2) is 8.63. The summed E-state index contributed by atoms with van der Waals surface area (Å²) in [7, 11) is 0. The molecule has 1 aromatic carbocycles. The van der Waals surface area contributed by atoms with Gasteiger partial charge in [0, 0.05) is 21.4 Å². The van der Waals surface area contributed by atoms with Crippen molar-refractivity contribution in [1.82, 2.24) is 4.98 Å². The molecule has 1 amide bonds. The summed E-state index contributed by atoms with van der Waals surface area (Å²) >= 11 is 2.16. The number of hydrogen-bond acceptors (Lipinski definition) is 2. The molecule has 5 heteroatoms. The SMILES string of the molecule is C#CCc1c(C)nc(C)c(C(=O)Nc2c(CC)cc(F)cc2CC)c1I. The summed E-state index contributed by atoms with van der Waals surface area (Å²) in [4.78, 5) is 17.5. The summed E-state index contributed by atoms with van der Waals surface area (Å²) in [5, 5.41) is 2.99. The fraction of sp³-hybridized carbons (Fsp3) is 0.333. The lowest BCUT2D eigenvalue weighted by Gasteiger charge is -2.18. The predicted octanol–water partition coefficient (Wildman–Crippen LogP) is 4.99. The zero-order valence-electron chi connectivity index (χ0n) is 15.5. The monoisotopic (exact) mass is 464 g/mol. The van der Waals surface area contributed by atoms with E-state index in [-0.39, 0.29) is 11.7 Å². The van der Waals surface area contributed by atoms with Crippen molar-refractivity contribution in [3.8, 4) is 12.3 Å². The maximum Gasteiger partial charge on any atom is 0.258 e. The van der Waals surface area contributed by atoms with E-state index >= 15 is 0 Å². The van der Waals surface area contributed by atoms with Crippen molar-refractivity contribution < 1.29 is 9.18 Å². The van der Waals surface area contributed by atoms with Gasteiger partial charge in [-0.15, -0.1) is 12.3 Å². The highest BCUT2D eigenvalue weighted by Gasteiger charge is 2.21. The van der Waals surface area contributed by atoms with E-state index in [4.69, 9.17) is 6.42 Å². The Labute approximate surface area is 167 Å². The van der Waals surface area contributed by atoms with Gasteiger partial charge in [0.2, 0.25) is 0 Å². The minimum atomic E-state index is -0.282. The Morgan fingerprint density at radius 1 is 1.23 bits per heavy atom. The minimum absolute atomic E-state index is 0.242. The molecule has 26 heavy (non-hydrogen) atoms. The van der Waals surface area contributed by atoms with Gasteiger partial charge in [0.25, 0.3) is 5.91 Å². The highest BCUT2D eigenvalue weighted by molar-refractivity contribution is 14.1. The van der Waals surface area contributed by atoms with Gasteiger partial charge in [0.1, 0.15) is 5.82 Å². The van der Waals surface area contributed by atoms with Crippen LogP contribution in [0.4, 0.5) is 10.1 Å². The first-order chi connectivity index (χ1) is 12.3. The smallest absolute Gasteiger partial charge is 0.258 e. The molecule has 0 spiro atoms. The molecular weight excluding hydrogens is 442 g/mol. The van der Waals surface area contributed by atoms with Gasteiger partial charge in [-0.25, -0.2) is 4.39 Å². The van der Waals surface area contributed by atoms with Gasteiger partial charge in [-0.1, -0.05) is 13.8 Å². The van der Waals surface area contributed by atoms with Crippen LogP contribution in [-0.2, 0) is 19.3 Å². The quantitative estimate of drug-likeness (QED) is 0.500. The fourth-order valence-corrected chi connectivity index (χ4v) is 4.25. The van der Waals surface area contributed by atoms with Gasteiger partial charge >= 0.3 is 0 Å². The number of pyridine rings is 1. The number of nitrogens with zero attached hydrogens (tertiary/aromatic N) is 1. The number of nitrogens with one attached hydrogen (secondary N) is 1. The van der Waals surface area contributed by atoms with Crippen LogP contribution < -0.4 is 5.32 Å². The fourth-order valence-electron chi connectivity index (χ4n) is 3.03. The molecule has 0 aliphatic carbocycles. The molecule has 0 aliphatic rings. The van der Waals surface area contributed by atoms with Crippen LogP contribution in [0.5, 0.6) is 0 Å². The van der Waals surface area contributed by atoms with Crippen LogP contribution in [-0.4, -0.2) is 10.9 Å². The Morgan fingerprint density at radius 3 is 2.31 bits per heavy atom. The van der Waals surface area contributed by atoms with E-state index in [1.807, 2.05) is 27.7 Å². The third-order valence-corrected chi connectivity index (χ3v) is 5.58. The molecule has 1 heterocycles. The van der Waals surface area contributed by atoms with E-state index in [2.05, 4.69) is 38.8 Å². The highest BCUT2D eigenvalue weighted by atomic mass is 127. The predicted molar refractivity (Wildman–Crippen MR) is 112 cm³/mol. The number of halogens is 2. The number of aryl methyl sites for hydroxylation is 4. The third kappa shape index (κ3) is 4.07. The van der Waals surface area contributed by atoms with Gasteiger partial charge in [-0.2, -0.15) is 0 Å². The number of amides is 1. The van der Waals surface area contributed by atoms with Gasteiger partial charge in [0.15, 0.2) is 0 Å². The summed E-state index contributed by atoms with van der Waals surface area (Å²) in [5.74, 6) is 2.10. The summed E-state index contributed by atoms with van der Waals surface area (Å²) in [5.41, 5.74) is 5.17. The van der Waals surface area contributed by atoms with Gasteiger partial charge in [-0.3, -0.25) is 9.78 Å². The molecule has 0 bridgehead atoms. The molecule has 3 nitrogen and oxygen atoms in total. The minimum Gasteiger partial charge on any atom is -0.321 e. The number of hydrogen-bond donors (Lipinski definition) is 1. The Hall–Kier alpha value is -1.94. The molecule has 0 unspecified atom stereocenters. The zero-order chi connectivity index (χ0) is 19.4. The van der Waals surface area contributed by atoms with Crippen molar-refractivity contribution >= 4 is 34.2 Å². The van der Waals surface area contributed by atoms with Crippen LogP contribution in [0.3, 0.4) is 0 Å². The number of aromatic nitrogens is 1. The largest absolute Gasteiger partial charge is 0.321 e. The number of terminal acetylenes is 1. The molecule has 1 aromatic heterocycles. The van der Waals surface area contributed by atoms with Crippen molar-refractivity contribution in [1.29, 1.82) is 0 Å². The lowest BCUT2D eigenvalue weighted by molar-refractivity contribution is 0.102. The average molecular weight is 464 g/mol. The van der Waals surface area contributed by atoms with Crippen molar-refractivity contribution in [2.75, 3.05) is 5.32 Å². The Kier molecular flexibility index (Phi) is 6.76. The molecule has 0 saturated heterocycles. The summed E-state index contributed by atoms with van der Waals surface area (Å²) in [6.07, 6.45) is 7.14. The standard InChI is InChI=1S/C21H22FIN2O/c1-6-9-17-12(4)24-13(5)18(19(17)23)21(26)25-20-14(7-2)10-16(22)11-15(20)8-3/h1,10-11H,7-9H2,2-5H3,(H,25,26). The van der Waals surface area contributed by atoms with Crippen molar-refractivity contribution in [2.24, 2.45) is 0 Å². The van der Waals surface area contributed by atoms with Gasteiger partial charge in [0.05, 0.1) is 11.3 Å². The van der Waals surface area contributed by atoms with Crippen molar-refractivity contribution in [3.05, 3.63) is 55.2 Å². The maximum atomic E-state index is 13.8. The third-order valence-electron chi connectivity index (χ3n) is 4.39. The normalized spacial score (nSPS) is 10.5. The van der Waals surface area contributed by atoms with Crippen molar-refractivity contribution in [2.45, 2.75) is 47.0 Å². The highest BCUT2D eigenvalue weighted by Crippen LogP contribution is 2.28. The molecule has 0 radical (unpaired) electrons. The van der Waals surface area contributed by atoms with Crippen LogP contribution in [0.1, 0.15) is 52.3 Å². The number of rotatable bonds is 5. The summed E-state index contributed by atoms with van der Waals surface area (Å²) < 4.78 is 14.6. The van der Waals surface area contributed by atoms with E-state index in [1.54, 1.807) is 0 Å². The lowest BCUT2D eigenvalue weighted by atomic mass is 10.0. The Balaban J connectivity index is 2.53. The number of anilines is 1. The van der Waals surface area contributed by atoms with E-state index in [1.165, 1.54) is 12.1 Å². The van der Waals surface area contributed by atoms with E-state index < -0.39 is 0 Å². The summed E-state index contributed by atoms with van der Waals surface area (Å²) in [6, 6.07) is 2.95.